The Labute approximate surface area is 158 Å². The van der Waals surface area contributed by atoms with Crippen molar-refractivity contribution in [2.75, 3.05) is 31.2 Å². The quantitative estimate of drug-likeness (QED) is 0.794. The maximum atomic E-state index is 13.1. The number of hydrogen-bond acceptors (Lipinski definition) is 4. The van der Waals surface area contributed by atoms with Crippen LogP contribution in [-0.2, 0) is 19.1 Å². The summed E-state index contributed by atoms with van der Waals surface area (Å²) in [7, 11) is 0. The Morgan fingerprint density at radius 2 is 1.89 bits per heavy atom. The third kappa shape index (κ3) is 4.13. The molecule has 3 rings (SSSR count). The van der Waals surface area contributed by atoms with Crippen LogP contribution in [0.4, 0.5) is 5.69 Å². The predicted octanol–water partition coefficient (Wildman–Crippen LogP) is 1.75. The van der Waals surface area contributed by atoms with E-state index in [9.17, 15) is 19.5 Å². The molecule has 27 heavy (non-hydrogen) atoms. The van der Waals surface area contributed by atoms with E-state index in [-0.39, 0.29) is 24.4 Å². The maximum Gasteiger partial charge on any atom is 0.323 e. The van der Waals surface area contributed by atoms with Crippen molar-refractivity contribution in [3.8, 4) is 0 Å². The van der Waals surface area contributed by atoms with Gasteiger partial charge in [0, 0.05) is 31.5 Å². The first-order valence-corrected chi connectivity index (χ1v) is 9.37. The number of amides is 2. The maximum absolute atomic E-state index is 13.1. The Morgan fingerprint density at radius 3 is 2.52 bits per heavy atom. The van der Waals surface area contributed by atoms with E-state index in [1.54, 1.807) is 4.90 Å². The second kappa shape index (κ2) is 8.08. The van der Waals surface area contributed by atoms with Crippen molar-refractivity contribution >= 4 is 23.5 Å². The molecule has 2 aliphatic heterocycles. The zero-order valence-electron chi connectivity index (χ0n) is 15.8. The third-order valence-electron chi connectivity index (χ3n) is 5.53. The fourth-order valence-corrected chi connectivity index (χ4v) is 3.79. The number of hydrogen-bond donors (Lipinski definition) is 1. The Bertz CT molecular complexity index is 742. The topological polar surface area (TPSA) is 87.2 Å². The van der Waals surface area contributed by atoms with Crippen LogP contribution in [0.1, 0.15) is 30.4 Å². The van der Waals surface area contributed by atoms with E-state index in [2.05, 4.69) is 0 Å². The van der Waals surface area contributed by atoms with Crippen molar-refractivity contribution in [1.29, 1.82) is 0 Å². The number of nitrogens with zero attached hydrogens (tertiary/aromatic N) is 2. The third-order valence-corrected chi connectivity index (χ3v) is 5.53. The average molecular weight is 374 g/mol. The van der Waals surface area contributed by atoms with Gasteiger partial charge in [-0.05, 0) is 56.4 Å². The van der Waals surface area contributed by atoms with Gasteiger partial charge in [0.2, 0.25) is 11.8 Å². The molecule has 2 amide bonds. The molecule has 7 heteroatoms. The molecule has 146 valence electrons. The number of benzene rings is 1. The van der Waals surface area contributed by atoms with Crippen LogP contribution < -0.4 is 4.90 Å². The molecule has 2 aliphatic rings. The van der Waals surface area contributed by atoms with Crippen LogP contribution in [0.3, 0.4) is 0 Å². The van der Waals surface area contributed by atoms with Crippen molar-refractivity contribution in [3.63, 3.8) is 0 Å². The summed E-state index contributed by atoms with van der Waals surface area (Å²) in [5, 5.41) is 9.24. The normalized spacial score (nSPS) is 20.7. The highest BCUT2D eigenvalue weighted by atomic mass is 16.5. The first-order valence-electron chi connectivity index (χ1n) is 9.37. The van der Waals surface area contributed by atoms with E-state index in [0.717, 1.165) is 16.8 Å². The lowest BCUT2D eigenvalue weighted by atomic mass is 10.0. The highest BCUT2D eigenvalue weighted by Gasteiger charge is 2.42. The predicted molar refractivity (Wildman–Crippen MR) is 99.6 cm³/mol. The van der Waals surface area contributed by atoms with Crippen molar-refractivity contribution in [2.45, 2.75) is 39.2 Å². The Hall–Kier alpha value is -2.41. The lowest BCUT2D eigenvalue weighted by molar-refractivity contribution is -0.151. The minimum Gasteiger partial charge on any atom is -0.480 e. The molecule has 0 radical (unpaired) electrons. The van der Waals surface area contributed by atoms with Gasteiger partial charge in [-0.1, -0.05) is 6.07 Å². The fraction of sp³-hybridized carbons (Fsp3) is 0.550. The number of aliphatic carboxylic acids is 1. The van der Waals surface area contributed by atoms with Crippen LogP contribution in [0, 0.1) is 19.8 Å². The van der Waals surface area contributed by atoms with E-state index < -0.39 is 11.9 Å². The van der Waals surface area contributed by atoms with Crippen molar-refractivity contribution in [2.24, 2.45) is 5.92 Å². The number of carboxylic acid groups (broad SMARTS) is 1. The van der Waals surface area contributed by atoms with Crippen LogP contribution in [-0.4, -0.2) is 60.1 Å². The van der Waals surface area contributed by atoms with Gasteiger partial charge in [-0.3, -0.25) is 14.4 Å². The van der Waals surface area contributed by atoms with Gasteiger partial charge in [0.25, 0.3) is 0 Å². The number of rotatable bonds is 5. The zero-order valence-corrected chi connectivity index (χ0v) is 15.8. The summed E-state index contributed by atoms with van der Waals surface area (Å²) in [5.41, 5.74) is 3.02. The summed E-state index contributed by atoms with van der Waals surface area (Å²) in [5.74, 6) is -2.49. The molecule has 1 N–H and O–H groups in total. The van der Waals surface area contributed by atoms with Crippen molar-refractivity contribution in [3.05, 3.63) is 29.3 Å². The molecule has 1 aromatic carbocycles. The minimum absolute atomic E-state index is 0.189. The number of carboxylic acids is 1. The Kier molecular flexibility index (Phi) is 5.79. The standard InChI is InChI=1S/C20H26N2O5/c1-13-3-4-16(11-14(13)2)21-8-5-17(19(21)25)20(26)22(12-18(23)24)15-6-9-27-10-7-15/h3-4,11,15,17H,5-10,12H2,1-2H3,(H,23,24). The summed E-state index contributed by atoms with van der Waals surface area (Å²) in [6, 6.07) is 5.62. The van der Waals surface area contributed by atoms with E-state index in [1.165, 1.54) is 4.90 Å². The SMILES string of the molecule is Cc1ccc(N2CCC(C(=O)N(CC(=O)O)C3CCOCC3)C2=O)cc1C. The summed E-state index contributed by atoms with van der Waals surface area (Å²) in [6.45, 7) is 5.09. The van der Waals surface area contributed by atoms with Gasteiger partial charge in [0.15, 0.2) is 0 Å². The lowest BCUT2D eigenvalue weighted by Crippen LogP contribution is -2.49. The molecule has 1 aromatic rings. The molecule has 0 spiro atoms. The van der Waals surface area contributed by atoms with Gasteiger partial charge in [-0.15, -0.1) is 0 Å². The first-order chi connectivity index (χ1) is 12.9. The van der Waals surface area contributed by atoms with E-state index in [4.69, 9.17) is 4.74 Å². The van der Waals surface area contributed by atoms with Crippen molar-refractivity contribution in [1.82, 2.24) is 4.90 Å². The molecule has 1 unspecified atom stereocenters. The van der Waals surface area contributed by atoms with Crippen LogP contribution >= 0.6 is 0 Å². The molecule has 0 saturated carbocycles. The number of carbonyl (C=O) groups is 3. The molecule has 2 heterocycles. The van der Waals surface area contributed by atoms with Crippen LogP contribution in [0.5, 0.6) is 0 Å². The van der Waals surface area contributed by atoms with Crippen LogP contribution in [0.15, 0.2) is 18.2 Å². The minimum atomic E-state index is -1.06. The van der Waals surface area contributed by atoms with Crippen LogP contribution in [0.2, 0.25) is 0 Å². The molecule has 0 bridgehead atoms. The highest BCUT2D eigenvalue weighted by molar-refractivity contribution is 6.10. The molecule has 7 nitrogen and oxygen atoms in total. The molecule has 1 atom stereocenters. The number of anilines is 1. The second-order valence-electron chi connectivity index (χ2n) is 7.30. The summed E-state index contributed by atoms with van der Waals surface area (Å²) < 4.78 is 5.32. The van der Waals surface area contributed by atoms with E-state index >= 15 is 0 Å². The van der Waals surface area contributed by atoms with E-state index in [1.807, 2.05) is 32.0 Å². The smallest absolute Gasteiger partial charge is 0.323 e. The van der Waals surface area contributed by atoms with Crippen LogP contribution in [0.25, 0.3) is 0 Å². The summed E-state index contributed by atoms with van der Waals surface area (Å²) in [4.78, 5) is 40.3. The first kappa shape index (κ1) is 19.4. The second-order valence-corrected chi connectivity index (χ2v) is 7.30. The lowest BCUT2D eigenvalue weighted by Gasteiger charge is -2.34. The van der Waals surface area contributed by atoms with Gasteiger partial charge in [-0.2, -0.15) is 0 Å². The monoisotopic (exact) mass is 374 g/mol. The van der Waals surface area contributed by atoms with Gasteiger partial charge in [0.1, 0.15) is 12.5 Å². The van der Waals surface area contributed by atoms with Crippen molar-refractivity contribution < 1.29 is 24.2 Å². The number of carbonyl (C=O) groups excluding carboxylic acids is 2. The van der Waals surface area contributed by atoms with Gasteiger partial charge < -0.3 is 19.6 Å². The molecule has 2 fully saturated rings. The molecular formula is C20H26N2O5. The molecular weight excluding hydrogens is 348 g/mol. The largest absolute Gasteiger partial charge is 0.480 e. The fourth-order valence-electron chi connectivity index (χ4n) is 3.79. The van der Waals surface area contributed by atoms with Gasteiger partial charge in [0.05, 0.1) is 0 Å². The molecule has 2 saturated heterocycles. The average Bonchev–Trinajstić information content (AvgIpc) is 3.03. The molecule has 0 aromatic heterocycles. The van der Waals surface area contributed by atoms with Gasteiger partial charge >= 0.3 is 5.97 Å². The van der Waals surface area contributed by atoms with E-state index in [0.29, 0.717) is 39.0 Å². The number of aryl methyl sites for hydroxylation is 2. The number of ether oxygens (including phenoxy) is 1. The Balaban J connectivity index is 1.77. The zero-order chi connectivity index (χ0) is 19.6. The van der Waals surface area contributed by atoms with Gasteiger partial charge in [-0.25, -0.2) is 0 Å². The summed E-state index contributed by atoms with van der Waals surface area (Å²) in [6.07, 6.45) is 1.60. The summed E-state index contributed by atoms with van der Waals surface area (Å²) >= 11 is 0. The molecule has 0 aliphatic carbocycles. The highest BCUT2D eigenvalue weighted by Crippen LogP contribution is 2.29. The Morgan fingerprint density at radius 1 is 1.19 bits per heavy atom.